The number of pyridine rings is 1. The van der Waals surface area contributed by atoms with Crippen LogP contribution in [0.15, 0.2) is 12.1 Å². The van der Waals surface area contributed by atoms with Gasteiger partial charge in [-0.3, -0.25) is 4.79 Å². The minimum absolute atomic E-state index is 0.0175. The molecule has 0 atom stereocenters. The third kappa shape index (κ3) is 2.70. The summed E-state index contributed by atoms with van der Waals surface area (Å²) < 4.78 is 0. The second kappa shape index (κ2) is 5.46. The Balaban J connectivity index is 3.07. The van der Waals surface area contributed by atoms with Crippen LogP contribution in [0.5, 0.6) is 0 Å². The Morgan fingerprint density at radius 3 is 2.69 bits per heavy atom. The molecule has 0 unspecified atom stereocenters. The molecule has 3 N–H and O–H groups in total. The molecule has 5 nitrogen and oxygen atoms in total. The third-order valence-electron chi connectivity index (χ3n) is 2.46. The first-order valence-corrected chi connectivity index (χ1v) is 5.35. The molecule has 0 fully saturated rings. The Morgan fingerprint density at radius 1 is 1.50 bits per heavy atom. The van der Waals surface area contributed by atoms with Crippen LogP contribution in [-0.2, 0) is 6.42 Å². The minimum atomic E-state index is -0.0175. The fraction of sp³-hybridized carbons (Fsp3) is 0.455. The molecule has 0 aliphatic heterocycles. The molecule has 0 saturated heterocycles. The van der Waals surface area contributed by atoms with E-state index < -0.39 is 0 Å². The van der Waals surface area contributed by atoms with E-state index in [1.54, 1.807) is 24.1 Å². The van der Waals surface area contributed by atoms with E-state index in [0.29, 0.717) is 17.9 Å². The van der Waals surface area contributed by atoms with Crippen LogP contribution in [0.25, 0.3) is 0 Å². The van der Waals surface area contributed by atoms with Crippen molar-refractivity contribution in [3.63, 3.8) is 0 Å². The van der Waals surface area contributed by atoms with Crippen LogP contribution in [0.1, 0.15) is 29.9 Å². The molecule has 1 heterocycles. The fourth-order valence-electron chi connectivity index (χ4n) is 1.33. The quantitative estimate of drug-likeness (QED) is 0.589. The number of aryl methyl sites for hydroxylation is 1. The van der Waals surface area contributed by atoms with Crippen molar-refractivity contribution in [3.05, 3.63) is 23.4 Å². The zero-order valence-corrected chi connectivity index (χ0v) is 9.95. The summed E-state index contributed by atoms with van der Waals surface area (Å²) in [6, 6.07) is 3.46. The van der Waals surface area contributed by atoms with Gasteiger partial charge in [-0.25, -0.2) is 10.8 Å². The Kier molecular flexibility index (Phi) is 4.25. The van der Waals surface area contributed by atoms with Crippen molar-refractivity contribution in [1.82, 2.24) is 9.88 Å². The maximum atomic E-state index is 11.9. The number of anilines is 1. The molecule has 0 aliphatic carbocycles. The topological polar surface area (TPSA) is 71.2 Å². The lowest BCUT2D eigenvalue weighted by Gasteiger charge is -2.15. The fourth-order valence-corrected chi connectivity index (χ4v) is 1.33. The summed E-state index contributed by atoms with van der Waals surface area (Å²) in [5, 5.41) is 0. The predicted molar refractivity (Wildman–Crippen MR) is 64.1 cm³/mol. The van der Waals surface area contributed by atoms with Gasteiger partial charge in [-0.2, -0.15) is 0 Å². The van der Waals surface area contributed by atoms with Crippen molar-refractivity contribution in [2.75, 3.05) is 19.0 Å². The zero-order chi connectivity index (χ0) is 12.1. The number of nitrogens with one attached hydrogen (secondary N) is 1. The lowest BCUT2D eigenvalue weighted by molar-refractivity contribution is 0.0802. The van der Waals surface area contributed by atoms with E-state index in [1.807, 2.05) is 13.8 Å². The maximum absolute atomic E-state index is 11.9. The molecule has 0 aliphatic rings. The summed E-state index contributed by atoms with van der Waals surface area (Å²) in [5.41, 5.74) is 3.94. The Hall–Kier alpha value is -1.62. The second-order valence-corrected chi connectivity index (χ2v) is 3.55. The standard InChI is InChI=1S/C11H18N4O/c1-4-9-6-8(7-10(13-9)14-12)11(16)15(3)5-2/h6-7H,4-5,12H2,1-3H3,(H,13,14). The van der Waals surface area contributed by atoms with Crippen LogP contribution in [0.2, 0.25) is 0 Å². The number of amides is 1. The second-order valence-electron chi connectivity index (χ2n) is 3.55. The minimum Gasteiger partial charge on any atom is -0.342 e. The highest BCUT2D eigenvalue weighted by molar-refractivity contribution is 5.94. The largest absolute Gasteiger partial charge is 0.342 e. The SMILES string of the molecule is CCc1cc(C(=O)N(C)CC)cc(NN)n1. The molecule has 0 radical (unpaired) electrons. The Labute approximate surface area is 95.6 Å². The molecule has 0 saturated carbocycles. The van der Waals surface area contributed by atoms with Crippen molar-refractivity contribution in [1.29, 1.82) is 0 Å². The Bertz CT molecular complexity index is 356. The number of nitrogen functional groups attached to an aromatic ring is 1. The van der Waals surface area contributed by atoms with Gasteiger partial charge in [0.05, 0.1) is 0 Å². The average Bonchev–Trinajstić information content (AvgIpc) is 2.35. The lowest BCUT2D eigenvalue weighted by atomic mass is 10.1. The van der Waals surface area contributed by atoms with E-state index in [2.05, 4.69) is 10.4 Å². The lowest BCUT2D eigenvalue weighted by Crippen LogP contribution is -2.26. The van der Waals surface area contributed by atoms with Crippen LogP contribution in [0.3, 0.4) is 0 Å². The zero-order valence-electron chi connectivity index (χ0n) is 9.95. The van der Waals surface area contributed by atoms with Gasteiger partial charge in [-0.05, 0) is 25.5 Å². The van der Waals surface area contributed by atoms with Gasteiger partial charge in [-0.15, -0.1) is 0 Å². The molecule has 1 aromatic heterocycles. The number of rotatable bonds is 4. The molecule has 1 rings (SSSR count). The molecule has 0 spiro atoms. The van der Waals surface area contributed by atoms with Crippen molar-refractivity contribution < 1.29 is 4.79 Å². The van der Waals surface area contributed by atoms with Crippen LogP contribution in [0, 0.1) is 0 Å². The molecule has 5 heteroatoms. The average molecular weight is 222 g/mol. The normalized spacial score (nSPS) is 10.0. The number of hydrogen-bond donors (Lipinski definition) is 2. The van der Waals surface area contributed by atoms with Gasteiger partial charge in [0.1, 0.15) is 5.82 Å². The third-order valence-corrected chi connectivity index (χ3v) is 2.46. The number of carbonyl (C=O) groups excluding carboxylic acids is 1. The van der Waals surface area contributed by atoms with E-state index >= 15 is 0 Å². The summed E-state index contributed by atoms with van der Waals surface area (Å²) in [4.78, 5) is 17.8. The van der Waals surface area contributed by atoms with Crippen LogP contribution in [-0.4, -0.2) is 29.4 Å². The molecular formula is C11H18N4O. The highest BCUT2D eigenvalue weighted by atomic mass is 16.2. The molecule has 1 amide bonds. The van der Waals surface area contributed by atoms with Crippen molar-refractivity contribution in [2.24, 2.45) is 5.84 Å². The first-order valence-electron chi connectivity index (χ1n) is 5.35. The molecule has 0 bridgehead atoms. The van der Waals surface area contributed by atoms with E-state index in [0.717, 1.165) is 12.1 Å². The summed E-state index contributed by atoms with van der Waals surface area (Å²) in [7, 11) is 1.77. The summed E-state index contributed by atoms with van der Waals surface area (Å²) >= 11 is 0. The number of carbonyl (C=O) groups is 1. The van der Waals surface area contributed by atoms with Crippen molar-refractivity contribution in [3.8, 4) is 0 Å². The van der Waals surface area contributed by atoms with Gasteiger partial charge < -0.3 is 10.3 Å². The smallest absolute Gasteiger partial charge is 0.253 e. The summed E-state index contributed by atoms with van der Waals surface area (Å²) in [6.45, 7) is 4.59. The monoisotopic (exact) mass is 222 g/mol. The van der Waals surface area contributed by atoms with E-state index in [4.69, 9.17) is 5.84 Å². The molecular weight excluding hydrogens is 204 g/mol. The van der Waals surface area contributed by atoms with Gasteiger partial charge >= 0.3 is 0 Å². The maximum Gasteiger partial charge on any atom is 0.253 e. The van der Waals surface area contributed by atoms with Crippen molar-refractivity contribution >= 4 is 11.7 Å². The van der Waals surface area contributed by atoms with Crippen LogP contribution < -0.4 is 11.3 Å². The van der Waals surface area contributed by atoms with Gasteiger partial charge in [0.15, 0.2) is 0 Å². The van der Waals surface area contributed by atoms with Gasteiger partial charge in [0.25, 0.3) is 5.91 Å². The molecule has 0 aromatic carbocycles. The van der Waals surface area contributed by atoms with Crippen molar-refractivity contribution in [2.45, 2.75) is 20.3 Å². The van der Waals surface area contributed by atoms with Crippen LogP contribution >= 0.6 is 0 Å². The van der Waals surface area contributed by atoms with Gasteiger partial charge in [0.2, 0.25) is 0 Å². The number of aromatic nitrogens is 1. The molecule has 1 aromatic rings. The first-order chi connectivity index (χ1) is 7.62. The first kappa shape index (κ1) is 12.4. The van der Waals surface area contributed by atoms with E-state index in [-0.39, 0.29) is 5.91 Å². The number of hydrazine groups is 1. The van der Waals surface area contributed by atoms with E-state index in [1.165, 1.54) is 0 Å². The molecule has 16 heavy (non-hydrogen) atoms. The Morgan fingerprint density at radius 2 is 2.19 bits per heavy atom. The van der Waals surface area contributed by atoms with Gasteiger partial charge in [-0.1, -0.05) is 6.92 Å². The van der Waals surface area contributed by atoms with E-state index in [9.17, 15) is 4.79 Å². The highest BCUT2D eigenvalue weighted by Gasteiger charge is 2.12. The summed E-state index contributed by atoms with van der Waals surface area (Å²) in [6.07, 6.45) is 0.769. The predicted octanol–water partition coefficient (Wildman–Crippen LogP) is 1.02. The number of hydrogen-bond acceptors (Lipinski definition) is 4. The highest BCUT2D eigenvalue weighted by Crippen LogP contribution is 2.12. The summed E-state index contributed by atoms with van der Waals surface area (Å²) in [5.74, 6) is 5.82. The molecule has 88 valence electrons. The number of nitrogens with zero attached hydrogens (tertiary/aromatic N) is 2. The number of nitrogens with two attached hydrogens (primary N) is 1. The van der Waals surface area contributed by atoms with Crippen LogP contribution in [0.4, 0.5) is 5.82 Å². The van der Waals surface area contributed by atoms with Gasteiger partial charge in [0, 0.05) is 24.8 Å².